The average Bonchev–Trinajstić information content (AvgIpc) is 3.63. The molecule has 4 aromatic heterocycles. The third kappa shape index (κ3) is 3.79. The number of carbonyl (C=O) groups excluding carboxylic acids is 4. The number of methoxy groups -OCH3 is 2. The fraction of sp³-hybridized carbons (Fsp3) is 0.308. The summed E-state index contributed by atoms with van der Waals surface area (Å²) in [5.41, 5.74) is 6.67. The normalized spacial score (nSPS) is 13.7. The molecule has 8 nitrogen and oxygen atoms in total. The Kier molecular flexibility index (Phi) is 6.41. The van der Waals surface area contributed by atoms with Gasteiger partial charge in [-0.25, -0.2) is 9.59 Å². The van der Waals surface area contributed by atoms with Crippen molar-refractivity contribution in [1.29, 1.82) is 0 Å². The lowest BCUT2D eigenvalue weighted by molar-refractivity contribution is 0.0584. The lowest BCUT2D eigenvalue weighted by atomic mass is 9.96. The predicted molar refractivity (Wildman–Crippen MR) is 149 cm³/mol. The molecule has 1 aliphatic heterocycles. The number of rotatable bonds is 6. The molecule has 0 spiro atoms. The molecule has 11 heteroatoms. The molecule has 0 bridgehead atoms. The molecule has 0 atom stereocenters. The van der Waals surface area contributed by atoms with Crippen LogP contribution in [0.5, 0.6) is 0 Å². The van der Waals surface area contributed by atoms with Crippen LogP contribution in [-0.4, -0.2) is 59.2 Å². The molecule has 1 aliphatic rings. The molecular weight excluding hydrogens is 532 g/mol. The molecule has 2 N–H and O–H groups in total. The molecule has 4 aromatic rings. The number of aromatic nitrogens is 2. The zero-order valence-electron chi connectivity index (χ0n) is 21.1. The Balaban J connectivity index is 1.80. The Hall–Kier alpha value is -3.15. The molecule has 0 aliphatic carbocycles. The quantitative estimate of drug-likeness (QED) is 0.220. The number of esters is 2. The predicted octanol–water partition coefficient (Wildman–Crippen LogP) is 6.03. The van der Waals surface area contributed by atoms with E-state index in [9.17, 15) is 19.2 Å². The second kappa shape index (κ2) is 9.30. The number of thioether (sulfide) groups is 1. The van der Waals surface area contributed by atoms with Gasteiger partial charge in [-0.2, -0.15) is 11.8 Å². The number of carbonyl (C=O) groups is 4. The van der Waals surface area contributed by atoms with Gasteiger partial charge < -0.3 is 19.4 Å². The average molecular weight is 557 g/mol. The molecule has 0 fully saturated rings. The highest BCUT2D eigenvalue weighted by Crippen LogP contribution is 2.49. The third-order valence-corrected chi connectivity index (χ3v) is 9.80. The van der Waals surface area contributed by atoms with Crippen molar-refractivity contribution >= 4 is 89.5 Å². The van der Waals surface area contributed by atoms with Crippen LogP contribution in [0.1, 0.15) is 76.4 Å². The summed E-state index contributed by atoms with van der Waals surface area (Å²) < 4.78 is 11.3. The second-order valence-corrected chi connectivity index (χ2v) is 12.2. The van der Waals surface area contributed by atoms with Crippen LogP contribution in [0, 0.1) is 13.8 Å². The van der Waals surface area contributed by atoms with E-state index in [4.69, 9.17) is 9.47 Å². The number of Topliss-reactive ketones (excluding diaryl/α,β-unsaturated/α-hetero) is 2. The lowest BCUT2D eigenvalue weighted by Crippen LogP contribution is -2.07. The van der Waals surface area contributed by atoms with Crippen LogP contribution in [0.4, 0.5) is 0 Å². The number of thiophene rings is 2. The van der Waals surface area contributed by atoms with Crippen LogP contribution in [-0.2, 0) is 9.47 Å². The fourth-order valence-corrected chi connectivity index (χ4v) is 8.69. The van der Waals surface area contributed by atoms with E-state index in [2.05, 4.69) is 9.97 Å². The summed E-state index contributed by atoms with van der Waals surface area (Å²) in [7, 11) is 2.58. The highest BCUT2D eigenvalue weighted by Gasteiger charge is 2.32. The smallest absolute Gasteiger partial charge is 0.355 e. The largest absolute Gasteiger partial charge is 0.464 e. The van der Waals surface area contributed by atoms with Gasteiger partial charge >= 0.3 is 11.9 Å². The van der Waals surface area contributed by atoms with Crippen molar-refractivity contribution in [3.63, 3.8) is 0 Å². The van der Waals surface area contributed by atoms with Crippen molar-refractivity contribution in [3.05, 3.63) is 43.4 Å². The molecule has 37 heavy (non-hydrogen) atoms. The molecule has 192 valence electrons. The Labute approximate surface area is 224 Å². The fourth-order valence-electron chi connectivity index (χ4n) is 5.07. The van der Waals surface area contributed by atoms with E-state index in [0.717, 1.165) is 64.0 Å². The first-order valence-electron chi connectivity index (χ1n) is 11.4. The standard InChI is InChI=1S/C26H24N2O6S3/c1-9(29)15-21(25(31)33-5)27-19-17(11(3)36-23(15)19)13-7-35-8-14(13)18-12(4)37-24-16(10(2)30)22(26(32)34-6)28-20(18)24/h27-28H,7-8H2,1-6H3. The van der Waals surface area contributed by atoms with Gasteiger partial charge in [0.2, 0.25) is 0 Å². The third-order valence-electron chi connectivity index (χ3n) is 6.57. The molecule has 0 aromatic carbocycles. The van der Waals surface area contributed by atoms with Gasteiger partial charge in [0.1, 0.15) is 11.4 Å². The number of aryl methyl sites for hydroxylation is 2. The summed E-state index contributed by atoms with van der Waals surface area (Å²) >= 11 is 4.73. The minimum absolute atomic E-state index is 0.164. The van der Waals surface area contributed by atoms with Crippen LogP contribution in [0.25, 0.3) is 31.6 Å². The van der Waals surface area contributed by atoms with Crippen LogP contribution in [0.3, 0.4) is 0 Å². The van der Waals surface area contributed by atoms with Crippen LogP contribution in [0.2, 0.25) is 0 Å². The van der Waals surface area contributed by atoms with Gasteiger partial charge in [0.15, 0.2) is 11.6 Å². The van der Waals surface area contributed by atoms with Crippen LogP contribution in [0.15, 0.2) is 0 Å². The minimum atomic E-state index is -0.582. The van der Waals surface area contributed by atoms with Crippen molar-refractivity contribution in [2.45, 2.75) is 27.7 Å². The molecule has 5 rings (SSSR count). The van der Waals surface area contributed by atoms with E-state index in [1.165, 1.54) is 50.7 Å². The number of ketones is 2. The first-order valence-corrected chi connectivity index (χ1v) is 14.2. The zero-order chi connectivity index (χ0) is 26.8. The van der Waals surface area contributed by atoms with Crippen LogP contribution >= 0.6 is 34.4 Å². The van der Waals surface area contributed by atoms with E-state index in [1.54, 1.807) is 11.8 Å². The number of ether oxygens (including phenoxy) is 2. The van der Waals surface area contributed by atoms with Crippen molar-refractivity contribution in [1.82, 2.24) is 9.97 Å². The Morgan fingerprint density at radius 1 is 0.703 bits per heavy atom. The number of hydrogen-bond acceptors (Lipinski definition) is 9. The Morgan fingerprint density at radius 2 is 1.08 bits per heavy atom. The maximum Gasteiger partial charge on any atom is 0.355 e. The number of H-pyrrole nitrogens is 2. The summed E-state index contributed by atoms with van der Waals surface area (Å²) in [4.78, 5) is 58.4. The minimum Gasteiger partial charge on any atom is -0.464 e. The van der Waals surface area contributed by atoms with Gasteiger partial charge in [0.05, 0.1) is 45.8 Å². The van der Waals surface area contributed by atoms with Gasteiger partial charge in [-0.15, -0.1) is 22.7 Å². The van der Waals surface area contributed by atoms with E-state index in [0.29, 0.717) is 11.1 Å². The monoisotopic (exact) mass is 556 g/mol. The van der Waals surface area contributed by atoms with E-state index in [1.807, 2.05) is 13.8 Å². The van der Waals surface area contributed by atoms with E-state index >= 15 is 0 Å². The SMILES string of the molecule is COC(=O)c1[nH]c2c(C3=C(c4c(C)sc5c(C(C)=O)c(C(=O)OC)[nH]c45)CSC3)c(C)sc2c1C(C)=O. The van der Waals surface area contributed by atoms with Gasteiger partial charge in [-0.3, -0.25) is 9.59 Å². The van der Waals surface area contributed by atoms with Gasteiger partial charge in [-0.05, 0) is 38.8 Å². The zero-order valence-corrected chi connectivity index (χ0v) is 23.5. The maximum absolute atomic E-state index is 12.5. The Morgan fingerprint density at radius 3 is 1.41 bits per heavy atom. The van der Waals surface area contributed by atoms with Gasteiger partial charge in [0, 0.05) is 32.4 Å². The number of nitrogens with one attached hydrogen (secondary N) is 2. The molecule has 0 amide bonds. The van der Waals surface area contributed by atoms with E-state index in [-0.39, 0.29) is 23.0 Å². The first kappa shape index (κ1) is 25.5. The number of aromatic amines is 2. The summed E-state index contributed by atoms with van der Waals surface area (Å²) in [5.74, 6) is -0.0932. The lowest BCUT2D eigenvalue weighted by Gasteiger charge is -2.08. The molecule has 0 unspecified atom stereocenters. The van der Waals surface area contributed by atoms with Gasteiger partial charge in [0.25, 0.3) is 0 Å². The van der Waals surface area contributed by atoms with Crippen molar-refractivity contribution in [2.75, 3.05) is 25.7 Å². The summed E-state index contributed by atoms with van der Waals surface area (Å²) in [6.45, 7) is 6.92. The van der Waals surface area contributed by atoms with E-state index < -0.39 is 11.9 Å². The summed E-state index contributed by atoms with van der Waals surface area (Å²) in [6, 6.07) is 0. The molecule has 0 saturated heterocycles. The van der Waals surface area contributed by atoms with Crippen molar-refractivity contribution < 1.29 is 28.7 Å². The van der Waals surface area contributed by atoms with Crippen molar-refractivity contribution in [3.8, 4) is 0 Å². The molecule has 5 heterocycles. The second-order valence-electron chi connectivity index (χ2n) is 8.77. The van der Waals surface area contributed by atoms with Crippen LogP contribution < -0.4 is 0 Å². The van der Waals surface area contributed by atoms with Gasteiger partial charge in [-0.1, -0.05) is 0 Å². The molecule has 0 radical (unpaired) electrons. The number of fused-ring (bicyclic) bond motifs is 2. The van der Waals surface area contributed by atoms with Crippen molar-refractivity contribution in [2.24, 2.45) is 0 Å². The topological polar surface area (TPSA) is 118 Å². The highest BCUT2D eigenvalue weighted by atomic mass is 32.2. The molecule has 0 saturated carbocycles. The Bertz CT molecular complexity index is 1570. The molecular formula is C26H24N2O6S3. The summed E-state index contributed by atoms with van der Waals surface area (Å²) in [5, 5.41) is 0. The maximum atomic E-state index is 12.5. The summed E-state index contributed by atoms with van der Waals surface area (Å²) in [6.07, 6.45) is 0. The first-order chi connectivity index (χ1) is 17.6. The number of hydrogen-bond donors (Lipinski definition) is 2. The highest BCUT2D eigenvalue weighted by molar-refractivity contribution is 8.00.